The number of aromatic nitrogens is 1. The van der Waals surface area contributed by atoms with Crippen LogP contribution in [-0.2, 0) is 6.54 Å². The van der Waals surface area contributed by atoms with E-state index in [0.717, 1.165) is 34.4 Å². The molecule has 3 aromatic rings. The smallest absolute Gasteiger partial charge is 0.0484 e. The third-order valence-electron chi connectivity index (χ3n) is 3.56. The number of rotatable bonds is 4. The molecule has 0 aliphatic heterocycles. The van der Waals surface area contributed by atoms with E-state index in [-0.39, 0.29) is 0 Å². The Labute approximate surface area is 129 Å². The van der Waals surface area contributed by atoms with Gasteiger partial charge in [0.15, 0.2) is 0 Å². The van der Waals surface area contributed by atoms with Gasteiger partial charge in [0.25, 0.3) is 0 Å². The van der Waals surface area contributed by atoms with Crippen molar-refractivity contribution in [3.05, 3.63) is 65.4 Å². The molecule has 3 heteroatoms. The van der Waals surface area contributed by atoms with E-state index in [0.29, 0.717) is 0 Å². The first-order valence-electron chi connectivity index (χ1n) is 7.12. The molecule has 0 aliphatic carbocycles. The Hall–Kier alpha value is -1.90. The summed E-state index contributed by atoms with van der Waals surface area (Å²) >= 11 is 6.29. The van der Waals surface area contributed by atoms with E-state index in [1.807, 2.05) is 30.6 Å². The molecule has 0 bridgehead atoms. The number of hydrogen-bond acceptors (Lipinski definition) is 2. The molecule has 2 aromatic carbocycles. The van der Waals surface area contributed by atoms with Crippen molar-refractivity contribution in [2.45, 2.75) is 13.5 Å². The second kappa shape index (κ2) is 6.25. The van der Waals surface area contributed by atoms with Gasteiger partial charge >= 0.3 is 0 Å². The molecule has 0 saturated carbocycles. The number of halogens is 1. The first-order chi connectivity index (χ1) is 10.3. The highest BCUT2D eigenvalue weighted by molar-refractivity contribution is 6.36. The summed E-state index contributed by atoms with van der Waals surface area (Å²) in [6.45, 7) is 3.89. The van der Waals surface area contributed by atoms with Crippen LogP contribution < -0.4 is 5.32 Å². The van der Waals surface area contributed by atoms with E-state index in [9.17, 15) is 0 Å². The van der Waals surface area contributed by atoms with Crippen LogP contribution in [-0.4, -0.2) is 11.5 Å². The zero-order valence-corrected chi connectivity index (χ0v) is 12.7. The lowest BCUT2D eigenvalue weighted by Crippen LogP contribution is -2.11. The maximum absolute atomic E-state index is 6.29. The van der Waals surface area contributed by atoms with Crippen molar-refractivity contribution >= 4 is 22.4 Å². The van der Waals surface area contributed by atoms with E-state index < -0.39 is 0 Å². The van der Waals surface area contributed by atoms with E-state index in [1.165, 1.54) is 11.1 Å². The topological polar surface area (TPSA) is 24.9 Å². The lowest BCUT2D eigenvalue weighted by atomic mass is 9.98. The largest absolute Gasteiger partial charge is 0.313 e. The van der Waals surface area contributed by atoms with Crippen molar-refractivity contribution in [2.24, 2.45) is 0 Å². The van der Waals surface area contributed by atoms with Crippen LogP contribution in [0.3, 0.4) is 0 Å². The van der Waals surface area contributed by atoms with Gasteiger partial charge in [-0.1, -0.05) is 48.9 Å². The molecule has 0 unspecified atom stereocenters. The van der Waals surface area contributed by atoms with Crippen molar-refractivity contribution in [1.29, 1.82) is 0 Å². The van der Waals surface area contributed by atoms with Crippen LogP contribution >= 0.6 is 11.6 Å². The Morgan fingerprint density at radius 3 is 2.67 bits per heavy atom. The summed E-state index contributed by atoms with van der Waals surface area (Å²) in [6, 6.07) is 14.4. The van der Waals surface area contributed by atoms with Gasteiger partial charge in [0.05, 0.1) is 0 Å². The second-order valence-electron chi connectivity index (χ2n) is 5.00. The summed E-state index contributed by atoms with van der Waals surface area (Å²) in [5.74, 6) is 0. The Bertz CT molecular complexity index is 768. The lowest BCUT2D eigenvalue weighted by Gasteiger charge is -2.10. The molecule has 21 heavy (non-hydrogen) atoms. The van der Waals surface area contributed by atoms with Crippen LogP contribution in [0, 0.1) is 0 Å². The molecule has 106 valence electrons. The van der Waals surface area contributed by atoms with E-state index in [4.69, 9.17) is 11.6 Å². The minimum atomic E-state index is 0.783. The number of nitrogens with one attached hydrogen (secondary N) is 1. The van der Waals surface area contributed by atoms with Crippen molar-refractivity contribution < 1.29 is 0 Å². The van der Waals surface area contributed by atoms with E-state index >= 15 is 0 Å². The quantitative estimate of drug-likeness (QED) is 0.757. The number of nitrogens with zero attached hydrogens (tertiary/aromatic N) is 1. The van der Waals surface area contributed by atoms with Crippen LogP contribution in [0.2, 0.25) is 5.02 Å². The standard InChI is InChI=1S/C18H17ClN2/c1-2-20-10-13-9-14(12-21-11-13)15-7-8-18(19)17-6-4-3-5-16(15)17/h3-9,11-12,20H,2,10H2,1H3. The molecular weight excluding hydrogens is 280 g/mol. The van der Waals surface area contributed by atoms with Crippen molar-refractivity contribution in [3.63, 3.8) is 0 Å². The Kier molecular flexibility index (Phi) is 4.18. The molecule has 0 aliphatic rings. The molecule has 0 spiro atoms. The predicted molar refractivity (Wildman–Crippen MR) is 89.6 cm³/mol. The minimum absolute atomic E-state index is 0.783. The number of fused-ring (bicyclic) bond motifs is 1. The fraction of sp³-hybridized carbons (Fsp3) is 0.167. The molecule has 0 fully saturated rings. The number of benzene rings is 2. The van der Waals surface area contributed by atoms with Crippen LogP contribution in [0.15, 0.2) is 54.9 Å². The summed E-state index contributed by atoms with van der Waals surface area (Å²) in [6.07, 6.45) is 3.81. The van der Waals surface area contributed by atoms with Crippen molar-refractivity contribution in [1.82, 2.24) is 10.3 Å². The molecule has 1 N–H and O–H groups in total. The number of hydrogen-bond donors (Lipinski definition) is 1. The average molecular weight is 297 g/mol. The Morgan fingerprint density at radius 1 is 1.05 bits per heavy atom. The monoisotopic (exact) mass is 296 g/mol. The van der Waals surface area contributed by atoms with Crippen LogP contribution in [0.5, 0.6) is 0 Å². The highest BCUT2D eigenvalue weighted by Gasteiger charge is 2.07. The molecular formula is C18H17ClN2. The molecule has 2 nitrogen and oxygen atoms in total. The van der Waals surface area contributed by atoms with Gasteiger partial charge in [0.1, 0.15) is 0 Å². The van der Waals surface area contributed by atoms with Gasteiger partial charge in [-0.05, 0) is 35.2 Å². The van der Waals surface area contributed by atoms with Gasteiger partial charge in [0.2, 0.25) is 0 Å². The molecule has 0 amide bonds. The third-order valence-corrected chi connectivity index (χ3v) is 3.89. The summed E-state index contributed by atoms with van der Waals surface area (Å²) < 4.78 is 0. The van der Waals surface area contributed by atoms with Crippen LogP contribution in [0.25, 0.3) is 21.9 Å². The predicted octanol–water partition coefficient (Wildman–Crippen LogP) is 4.66. The Morgan fingerprint density at radius 2 is 1.86 bits per heavy atom. The first kappa shape index (κ1) is 14.1. The summed E-state index contributed by atoms with van der Waals surface area (Å²) in [5.41, 5.74) is 3.48. The zero-order valence-electron chi connectivity index (χ0n) is 11.9. The van der Waals surface area contributed by atoms with Crippen molar-refractivity contribution in [3.8, 4) is 11.1 Å². The highest BCUT2D eigenvalue weighted by atomic mass is 35.5. The maximum atomic E-state index is 6.29. The zero-order chi connectivity index (χ0) is 14.7. The van der Waals surface area contributed by atoms with E-state index in [2.05, 4.69) is 41.5 Å². The van der Waals surface area contributed by atoms with Crippen LogP contribution in [0.1, 0.15) is 12.5 Å². The fourth-order valence-electron chi connectivity index (χ4n) is 2.51. The van der Waals surface area contributed by atoms with Crippen molar-refractivity contribution in [2.75, 3.05) is 6.54 Å². The second-order valence-corrected chi connectivity index (χ2v) is 5.41. The molecule has 3 rings (SSSR count). The normalized spacial score (nSPS) is 11.0. The Balaban J connectivity index is 2.10. The minimum Gasteiger partial charge on any atom is -0.313 e. The first-order valence-corrected chi connectivity index (χ1v) is 7.49. The third kappa shape index (κ3) is 2.92. The molecule has 0 atom stereocenters. The average Bonchev–Trinajstić information content (AvgIpc) is 2.54. The summed E-state index contributed by atoms with van der Waals surface area (Å²) in [4.78, 5) is 4.37. The fourth-order valence-corrected chi connectivity index (χ4v) is 2.74. The molecule has 1 aromatic heterocycles. The van der Waals surface area contributed by atoms with Gasteiger partial charge in [-0.25, -0.2) is 0 Å². The van der Waals surface area contributed by atoms with Gasteiger partial charge in [-0.2, -0.15) is 0 Å². The lowest BCUT2D eigenvalue weighted by molar-refractivity contribution is 0.724. The van der Waals surface area contributed by atoms with E-state index in [1.54, 1.807) is 0 Å². The molecule has 0 radical (unpaired) electrons. The maximum Gasteiger partial charge on any atom is 0.0484 e. The van der Waals surface area contributed by atoms with Gasteiger partial charge in [0, 0.05) is 34.9 Å². The summed E-state index contributed by atoms with van der Waals surface area (Å²) in [7, 11) is 0. The summed E-state index contributed by atoms with van der Waals surface area (Å²) in [5, 5.41) is 6.35. The van der Waals surface area contributed by atoms with Gasteiger partial charge in [-0.3, -0.25) is 4.98 Å². The molecule has 1 heterocycles. The number of pyridine rings is 1. The van der Waals surface area contributed by atoms with Crippen LogP contribution in [0.4, 0.5) is 0 Å². The SMILES string of the molecule is CCNCc1cncc(-c2ccc(Cl)c3ccccc23)c1. The van der Waals surface area contributed by atoms with Gasteiger partial charge < -0.3 is 5.32 Å². The van der Waals surface area contributed by atoms with Gasteiger partial charge in [-0.15, -0.1) is 0 Å². The highest BCUT2D eigenvalue weighted by Crippen LogP contribution is 2.32. The molecule has 0 saturated heterocycles.